The zero-order chi connectivity index (χ0) is 18.7. The normalized spacial score (nSPS) is 23.9. The third-order valence-corrected chi connectivity index (χ3v) is 5.36. The van der Waals surface area contributed by atoms with Gasteiger partial charge in [-0.2, -0.15) is 0 Å². The first-order valence-electron chi connectivity index (χ1n) is 8.57. The molecule has 4 rings (SSSR count). The Morgan fingerprint density at radius 2 is 2.07 bits per heavy atom. The van der Waals surface area contributed by atoms with Crippen LogP contribution in [0, 0.1) is 11.7 Å². The molecule has 0 saturated carbocycles. The number of pyridine rings is 1. The van der Waals surface area contributed by atoms with E-state index in [1.807, 2.05) is 18.7 Å². The van der Waals surface area contributed by atoms with Crippen LogP contribution in [0.5, 0.6) is 5.75 Å². The summed E-state index contributed by atoms with van der Waals surface area (Å²) in [5.41, 5.74) is 5.72. The third-order valence-electron chi connectivity index (χ3n) is 5.36. The van der Waals surface area contributed by atoms with Crippen LogP contribution in [0.15, 0.2) is 17.1 Å². The number of rotatable bonds is 2. The first-order chi connectivity index (χ1) is 12.3. The lowest BCUT2D eigenvalue weighted by atomic mass is 10.1. The van der Waals surface area contributed by atoms with Crippen molar-refractivity contribution in [2.45, 2.75) is 25.9 Å². The number of benzene rings is 1. The first kappa shape index (κ1) is 19.4. The molecule has 27 heavy (non-hydrogen) atoms. The number of hydrogen-bond acceptors (Lipinski definition) is 5. The fraction of sp³-hybridized carbons (Fsp3) is 0.444. The SMILES string of the molecule is CC1COc2c(N3C[C@@H](N)[C@@H](C)C3)c(F)cc3c(=O)c(C(=O)O)cn1c23.Cl. The number of ether oxygens (including phenoxy) is 1. The average molecular weight is 398 g/mol. The Bertz CT molecular complexity index is 983. The summed E-state index contributed by atoms with van der Waals surface area (Å²) in [6.45, 7) is 5.21. The molecule has 0 spiro atoms. The highest BCUT2D eigenvalue weighted by Gasteiger charge is 2.34. The molecular formula is C18H21ClFN3O4. The van der Waals surface area contributed by atoms with Gasteiger partial charge >= 0.3 is 5.97 Å². The Balaban J connectivity index is 0.00000210. The summed E-state index contributed by atoms with van der Waals surface area (Å²) in [4.78, 5) is 25.8. The fourth-order valence-electron chi connectivity index (χ4n) is 3.83. The van der Waals surface area contributed by atoms with E-state index < -0.39 is 17.2 Å². The van der Waals surface area contributed by atoms with Crippen LogP contribution in [0.25, 0.3) is 10.9 Å². The van der Waals surface area contributed by atoms with Gasteiger partial charge in [0.15, 0.2) is 11.6 Å². The monoisotopic (exact) mass is 397 g/mol. The number of carboxylic acid groups (broad SMARTS) is 1. The predicted octanol–water partition coefficient (Wildman–Crippen LogP) is 2.00. The van der Waals surface area contributed by atoms with Gasteiger partial charge in [-0.15, -0.1) is 12.4 Å². The van der Waals surface area contributed by atoms with Gasteiger partial charge in [0, 0.05) is 25.3 Å². The number of carbonyl (C=O) groups is 1. The average Bonchev–Trinajstić information content (AvgIpc) is 2.90. The number of aromatic nitrogens is 1. The molecular weight excluding hydrogens is 377 g/mol. The summed E-state index contributed by atoms with van der Waals surface area (Å²) in [6, 6.07) is 0.869. The van der Waals surface area contributed by atoms with Gasteiger partial charge in [-0.3, -0.25) is 4.79 Å². The van der Waals surface area contributed by atoms with Crippen molar-refractivity contribution in [3.8, 4) is 5.75 Å². The van der Waals surface area contributed by atoms with E-state index in [0.717, 1.165) is 6.07 Å². The second-order valence-electron chi connectivity index (χ2n) is 7.22. The fourth-order valence-corrected chi connectivity index (χ4v) is 3.83. The van der Waals surface area contributed by atoms with E-state index in [9.17, 15) is 19.1 Å². The van der Waals surface area contributed by atoms with Crippen LogP contribution in [0.2, 0.25) is 0 Å². The van der Waals surface area contributed by atoms with E-state index in [-0.39, 0.29) is 53.7 Å². The number of anilines is 1. The van der Waals surface area contributed by atoms with Crippen molar-refractivity contribution in [3.05, 3.63) is 33.9 Å². The first-order valence-corrected chi connectivity index (χ1v) is 8.57. The minimum atomic E-state index is -1.33. The van der Waals surface area contributed by atoms with E-state index in [4.69, 9.17) is 10.5 Å². The van der Waals surface area contributed by atoms with Gasteiger partial charge in [0.05, 0.1) is 16.9 Å². The Morgan fingerprint density at radius 3 is 2.67 bits per heavy atom. The number of nitrogens with zero attached hydrogens (tertiary/aromatic N) is 2. The van der Waals surface area contributed by atoms with Crippen molar-refractivity contribution in [1.29, 1.82) is 0 Å². The van der Waals surface area contributed by atoms with E-state index in [1.54, 1.807) is 4.57 Å². The van der Waals surface area contributed by atoms with Crippen molar-refractivity contribution >= 4 is 35.0 Å². The molecule has 146 valence electrons. The number of nitrogens with two attached hydrogens (primary N) is 1. The molecule has 9 heteroatoms. The van der Waals surface area contributed by atoms with Crippen LogP contribution in [0.3, 0.4) is 0 Å². The lowest BCUT2D eigenvalue weighted by Crippen LogP contribution is -2.31. The standard InChI is InChI=1S/C18H20FN3O4.ClH/c1-8-4-21(6-13(8)20)15-12(19)3-10-14-17(15)26-7-9(2)22(14)5-11(16(10)23)18(24)25;/h3,5,8-9,13H,4,6-7,20H2,1-2H3,(H,24,25);1H/t8-,9?,13+;/m0./s1. The quantitative estimate of drug-likeness (QED) is 0.804. The number of hydrogen-bond donors (Lipinski definition) is 2. The topological polar surface area (TPSA) is 97.8 Å². The van der Waals surface area contributed by atoms with Gasteiger partial charge in [0.1, 0.15) is 17.9 Å². The minimum absolute atomic E-state index is 0. The largest absolute Gasteiger partial charge is 0.487 e. The molecule has 1 saturated heterocycles. The Kier molecular flexibility index (Phi) is 4.81. The number of aromatic carboxylic acids is 1. The maximum atomic E-state index is 15.0. The molecule has 2 aromatic rings. The summed E-state index contributed by atoms with van der Waals surface area (Å²) >= 11 is 0. The predicted molar refractivity (Wildman–Crippen MR) is 102 cm³/mol. The highest BCUT2D eigenvalue weighted by Crippen LogP contribution is 2.43. The Labute approximate surface area is 160 Å². The zero-order valence-electron chi connectivity index (χ0n) is 14.9. The van der Waals surface area contributed by atoms with Gasteiger partial charge in [-0.25, -0.2) is 9.18 Å². The molecule has 0 amide bonds. The van der Waals surface area contributed by atoms with Crippen LogP contribution in [0.1, 0.15) is 30.2 Å². The molecule has 2 aliphatic rings. The minimum Gasteiger partial charge on any atom is -0.487 e. The Hall–Kier alpha value is -2.32. The molecule has 7 nitrogen and oxygen atoms in total. The summed E-state index contributed by atoms with van der Waals surface area (Å²) < 4.78 is 22.5. The van der Waals surface area contributed by atoms with Crippen molar-refractivity contribution < 1.29 is 19.0 Å². The summed E-state index contributed by atoms with van der Waals surface area (Å²) in [5, 5.41) is 9.33. The maximum Gasteiger partial charge on any atom is 0.341 e. The van der Waals surface area contributed by atoms with Crippen LogP contribution >= 0.6 is 12.4 Å². The van der Waals surface area contributed by atoms with Gasteiger partial charge in [-0.05, 0) is 18.9 Å². The van der Waals surface area contributed by atoms with Crippen LogP contribution in [0.4, 0.5) is 10.1 Å². The highest BCUT2D eigenvalue weighted by molar-refractivity contribution is 5.97. The van der Waals surface area contributed by atoms with Crippen molar-refractivity contribution in [3.63, 3.8) is 0 Å². The third kappa shape index (κ3) is 2.83. The van der Waals surface area contributed by atoms with Crippen molar-refractivity contribution in [2.24, 2.45) is 11.7 Å². The Morgan fingerprint density at radius 1 is 1.37 bits per heavy atom. The van der Waals surface area contributed by atoms with E-state index in [0.29, 0.717) is 24.3 Å². The van der Waals surface area contributed by atoms with Gasteiger partial charge in [0.25, 0.3) is 0 Å². The van der Waals surface area contributed by atoms with E-state index >= 15 is 0 Å². The van der Waals surface area contributed by atoms with E-state index in [1.165, 1.54) is 6.20 Å². The summed E-state index contributed by atoms with van der Waals surface area (Å²) in [5.74, 6) is -1.44. The van der Waals surface area contributed by atoms with Crippen LogP contribution in [-0.4, -0.2) is 41.4 Å². The molecule has 3 heterocycles. The lowest BCUT2D eigenvalue weighted by molar-refractivity contribution is 0.0694. The maximum absolute atomic E-state index is 15.0. The number of carboxylic acids is 1. The van der Waals surface area contributed by atoms with Gasteiger partial charge in [0.2, 0.25) is 5.43 Å². The second kappa shape index (κ2) is 6.69. The van der Waals surface area contributed by atoms with Crippen LogP contribution in [-0.2, 0) is 0 Å². The molecule has 0 radical (unpaired) electrons. The highest BCUT2D eigenvalue weighted by atomic mass is 35.5. The summed E-state index contributed by atoms with van der Waals surface area (Å²) in [7, 11) is 0. The molecule has 1 fully saturated rings. The lowest BCUT2D eigenvalue weighted by Gasteiger charge is -2.31. The second-order valence-corrected chi connectivity index (χ2v) is 7.22. The van der Waals surface area contributed by atoms with E-state index in [2.05, 4.69) is 0 Å². The summed E-state index contributed by atoms with van der Waals surface area (Å²) in [6.07, 6.45) is 1.32. The van der Waals surface area contributed by atoms with Crippen molar-refractivity contribution in [1.82, 2.24) is 4.57 Å². The van der Waals surface area contributed by atoms with Crippen molar-refractivity contribution in [2.75, 3.05) is 24.6 Å². The van der Waals surface area contributed by atoms with Gasteiger partial charge in [-0.1, -0.05) is 6.92 Å². The molecule has 0 aliphatic carbocycles. The molecule has 3 N–H and O–H groups in total. The zero-order valence-corrected chi connectivity index (χ0v) is 15.8. The number of halogens is 2. The molecule has 0 bridgehead atoms. The van der Waals surface area contributed by atoms with Gasteiger partial charge < -0.3 is 25.0 Å². The smallest absolute Gasteiger partial charge is 0.341 e. The van der Waals surface area contributed by atoms with Crippen LogP contribution < -0.4 is 20.8 Å². The molecule has 1 unspecified atom stereocenters. The molecule has 3 atom stereocenters. The molecule has 2 aliphatic heterocycles. The molecule has 1 aromatic carbocycles. The molecule has 1 aromatic heterocycles.